The monoisotopic (exact) mass is 273 g/mol. The van der Waals surface area contributed by atoms with E-state index >= 15 is 0 Å². The molecular formula is C16H20FN3. The van der Waals surface area contributed by atoms with Gasteiger partial charge in [0.15, 0.2) is 0 Å². The van der Waals surface area contributed by atoms with E-state index in [0.29, 0.717) is 11.6 Å². The van der Waals surface area contributed by atoms with Crippen LogP contribution in [0.3, 0.4) is 0 Å². The highest BCUT2D eigenvalue weighted by Crippen LogP contribution is 2.25. The summed E-state index contributed by atoms with van der Waals surface area (Å²) in [6.07, 6.45) is 6.88. The average molecular weight is 273 g/mol. The lowest BCUT2D eigenvalue weighted by molar-refractivity contribution is 0.617. The van der Waals surface area contributed by atoms with Gasteiger partial charge in [0.05, 0.1) is 11.4 Å². The molecule has 1 N–H and O–H groups in total. The molecule has 1 aromatic carbocycles. The van der Waals surface area contributed by atoms with Crippen molar-refractivity contribution in [3.8, 4) is 5.69 Å². The van der Waals surface area contributed by atoms with Crippen molar-refractivity contribution < 1.29 is 4.39 Å². The molecule has 1 heterocycles. The number of anilines is 1. The summed E-state index contributed by atoms with van der Waals surface area (Å²) in [6, 6.07) is 5.66. The van der Waals surface area contributed by atoms with Crippen LogP contribution in [-0.4, -0.2) is 15.6 Å². The van der Waals surface area contributed by atoms with Gasteiger partial charge in [0.1, 0.15) is 5.82 Å². The second-order valence-electron chi connectivity index (χ2n) is 5.59. The van der Waals surface area contributed by atoms with Crippen molar-refractivity contribution in [3.63, 3.8) is 0 Å². The van der Waals surface area contributed by atoms with E-state index < -0.39 is 0 Å². The van der Waals surface area contributed by atoms with Crippen LogP contribution in [0.25, 0.3) is 5.69 Å². The second-order valence-corrected chi connectivity index (χ2v) is 5.59. The standard InChI is InChI=1S/C16H20FN3/c1-11-10-20(15-9-5-8-14(17)12(15)2)16(18-11)19-13-6-3-4-7-13/h5,8-10,13H,3-4,6-7H2,1-2H3,(H,18,19). The van der Waals surface area contributed by atoms with Crippen molar-refractivity contribution >= 4 is 5.95 Å². The molecule has 1 aliphatic carbocycles. The number of halogens is 1. The van der Waals surface area contributed by atoms with Crippen molar-refractivity contribution in [1.82, 2.24) is 9.55 Å². The summed E-state index contributed by atoms with van der Waals surface area (Å²) in [4.78, 5) is 4.55. The third-order valence-electron chi connectivity index (χ3n) is 4.01. The molecule has 0 atom stereocenters. The average Bonchev–Trinajstić information content (AvgIpc) is 3.03. The van der Waals surface area contributed by atoms with E-state index in [9.17, 15) is 4.39 Å². The van der Waals surface area contributed by atoms with Gasteiger partial charge in [-0.25, -0.2) is 9.37 Å². The van der Waals surface area contributed by atoms with Crippen molar-refractivity contribution in [2.45, 2.75) is 45.6 Å². The first-order valence-corrected chi connectivity index (χ1v) is 7.23. The molecule has 3 nitrogen and oxygen atoms in total. The maximum absolute atomic E-state index is 13.8. The first kappa shape index (κ1) is 13.2. The van der Waals surface area contributed by atoms with E-state index in [1.807, 2.05) is 23.8 Å². The van der Waals surface area contributed by atoms with Crippen molar-refractivity contribution in [2.24, 2.45) is 0 Å². The number of nitrogens with zero attached hydrogens (tertiary/aromatic N) is 2. The van der Waals surface area contributed by atoms with Crippen LogP contribution >= 0.6 is 0 Å². The SMILES string of the molecule is Cc1cn(-c2cccc(F)c2C)c(NC2CCCC2)n1. The highest BCUT2D eigenvalue weighted by atomic mass is 19.1. The number of imidazole rings is 1. The van der Waals surface area contributed by atoms with E-state index in [1.54, 1.807) is 13.0 Å². The van der Waals surface area contributed by atoms with Gasteiger partial charge in [0.25, 0.3) is 0 Å². The van der Waals surface area contributed by atoms with Gasteiger partial charge in [0.2, 0.25) is 5.95 Å². The Morgan fingerprint density at radius 2 is 2.00 bits per heavy atom. The number of aryl methyl sites for hydroxylation is 1. The number of benzene rings is 1. The highest BCUT2D eigenvalue weighted by molar-refractivity contribution is 5.48. The fraction of sp³-hybridized carbons (Fsp3) is 0.438. The first-order chi connectivity index (χ1) is 9.65. The van der Waals surface area contributed by atoms with E-state index in [-0.39, 0.29) is 5.82 Å². The Labute approximate surface area is 118 Å². The minimum absolute atomic E-state index is 0.180. The molecule has 4 heteroatoms. The number of hydrogen-bond acceptors (Lipinski definition) is 2. The molecule has 1 saturated carbocycles. The summed E-state index contributed by atoms with van der Waals surface area (Å²) in [5.41, 5.74) is 2.44. The summed E-state index contributed by atoms with van der Waals surface area (Å²) in [7, 11) is 0. The van der Waals surface area contributed by atoms with Gasteiger partial charge in [-0.05, 0) is 38.8 Å². The van der Waals surface area contributed by atoms with Gasteiger partial charge in [-0.1, -0.05) is 18.9 Å². The fourth-order valence-electron chi connectivity index (χ4n) is 2.89. The van der Waals surface area contributed by atoms with Crippen LogP contribution in [0.1, 0.15) is 36.9 Å². The molecule has 0 amide bonds. The van der Waals surface area contributed by atoms with Gasteiger partial charge < -0.3 is 5.32 Å². The van der Waals surface area contributed by atoms with Crippen LogP contribution in [-0.2, 0) is 0 Å². The first-order valence-electron chi connectivity index (χ1n) is 7.23. The Hall–Kier alpha value is -1.84. The van der Waals surface area contributed by atoms with Crippen LogP contribution in [0.4, 0.5) is 10.3 Å². The molecule has 1 aromatic heterocycles. The zero-order valence-electron chi connectivity index (χ0n) is 12.0. The van der Waals surface area contributed by atoms with Crippen LogP contribution in [0.2, 0.25) is 0 Å². The zero-order valence-corrected chi connectivity index (χ0v) is 12.0. The molecule has 0 spiro atoms. The molecule has 3 rings (SSSR count). The van der Waals surface area contributed by atoms with Crippen LogP contribution in [0.5, 0.6) is 0 Å². The van der Waals surface area contributed by atoms with Gasteiger partial charge in [-0.2, -0.15) is 0 Å². The van der Waals surface area contributed by atoms with Gasteiger partial charge >= 0.3 is 0 Å². The molecule has 1 aliphatic rings. The number of nitrogens with one attached hydrogen (secondary N) is 1. The summed E-state index contributed by atoms with van der Waals surface area (Å²) in [5.74, 6) is 0.642. The Morgan fingerprint density at radius 3 is 2.75 bits per heavy atom. The van der Waals surface area contributed by atoms with E-state index in [2.05, 4.69) is 10.3 Å². The van der Waals surface area contributed by atoms with Gasteiger partial charge in [0, 0.05) is 17.8 Å². The van der Waals surface area contributed by atoms with Gasteiger partial charge in [-0.3, -0.25) is 4.57 Å². The maximum atomic E-state index is 13.8. The predicted octanol–water partition coefficient (Wildman–Crippen LogP) is 3.98. The molecule has 0 saturated heterocycles. The van der Waals surface area contributed by atoms with Crippen LogP contribution in [0.15, 0.2) is 24.4 Å². The number of aromatic nitrogens is 2. The third-order valence-corrected chi connectivity index (χ3v) is 4.01. The van der Waals surface area contributed by atoms with E-state index in [1.165, 1.54) is 31.7 Å². The normalized spacial score (nSPS) is 15.8. The number of rotatable bonds is 3. The second kappa shape index (κ2) is 5.27. The Balaban J connectivity index is 1.98. The fourth-order valence-corrected chi connectivity index (χ4v) is 2.89. The summed E-state index contributed by atoms with van der Waals surface area (Å²) in [6.45, 7) is 3.77. The molecular weight excluding hydrogens is 253 g/mol. The predicted molar refractivity (Wildman–Crippen MR) is 78.9 cm³/mol. The van der Waals surface area contributed by atoms with Crippen LogP contribution < -0.4 is 5.32 Å². The van der Waals surface area contributed by atoms with E-state index in [4.69, 9.17) is 0 Å². The molecule has 0 aliphatic heterocycles. The Bertz CT molecular complexity index is 612. The number of hydrogen-bond donors (Lipinski definition) is 1. The largest absolute Gasteiger partial charge is 0.353 e. The van der Waals surface area contributed by atoms with Crippen molar-refractivity contribution in [3.05, 3.63) is 41.5 Å². The molecule has 2 aromatic rings. The maximum Gasteiger partial charge on any atom is 0.207 e. The lowest BCUT2D eigenvalue weighted by atomic mass is 10.2. The molecule has 1 fully saturated rings. The van der Waals surface area contributed by atoms with Gasteiger partial charge in [-0.15, -0.1) is 0 Å². The molecule has 0 bridgehead atoms. The highest BCUT2D eigenvalue weighted by Gasteiger charge is 2.18. The van der Waals surface area contributed by atoms with Crippen molar-refractivity contribution in [2.75, 3.05) is 5.32 Å². The molecule has 106 valence electrons. The lowest BCUT2D eigenvalue weighted by Gasteiger charge is -2.16. The Kier molecular flexibility index (Phi) is 3.47. The summed E-state index contributed by atoms with van der Waals surface area (Å²) >= 11 is 0. The minimum Gasteiger partial charge on any atom is -0.353 e. The quantitative estimate of drug-likeness (QED) is 0.916. The van der Waals surface area contributed by atoms with E-state index in [0.717, 1.165) is 17.3 Å². The zero-order chi connectivity index (χ0) is 14.1. The Morgan fingerprint density at radius 1 is 1.25 bits per heavy atom. The minimum atomic E-state index is -0.180. The third kappa shape index (κ3) is 2.42. The van der Waals surface area contributed by atoms with Crippen LogP contribution in [0, 0.1) is 19.7 Å². The topological polar surface area (TPSA) is 29.9 Å². The van der Waals surface area contributed by atoms with Crippen molar-refractivity contribution in [1.29, 1.82) is 0 Å². The molecule has 20 heavy (non-hydrogen) atoms. The summed E-state index contributed by atoms with van der Waals surface area (Å²) < 4.78 is 15.7. The summed E-state index contributed by atoms with van der Waals surface area (Å²) in [5, 5.41) is 3.50. The molecule has 0 radical (unpaired) electrons. The molecule has 0 unspecified atom stereocenters. The lowest BCUT2D eigenvalue weighted by Crippen LogP contribution is -2.18. The smallest absolute Gasteiger partial charge is 0.207 e.